The summed E-state index contributed by atoms with van der Waals surface area (Å²) in [6, 6.07) is 0. The molecule has 0 aromatic heterocycles. The maximum atomic E-state index is 10.4. The van der Waals surface area contributed by atoms with E-state index in [0.717, 1.165) is 38.7 Å². The van der Waals surface area contributed by atoms with Crippen LogP contribution in [0.5, 0.6) is 0 Å². The molecule has 0 saturated heterocycles. The van der Waals surface area contributed by atoms with Gasteiger partial charge in [0.2, 0.25) is 0 Å². The largest absolute Gasteiger partial charge is 0.481 e. The molecule has 0 bridgehead atoms. The van der Waals surface area contributed by atoms with Gasteiger partial charge in [-0.15, -0.1) is 6.58 Å². The number of carboxylic acid groups (broad SMARTS) is 1. The van der Waals surface area contributed by atoms with Crippen molar-refractivity contribution < 1.29 is 14.6 Å². The van der Waals surface area contributed by atoms with E-state index in [2.05, 4.69) is 32.6 Å². The molecule has 0 aromatic rings. The molecule has 29 heavy (non-hydrogen) atoms. The van der Waals surface area contributed by atoms with Gasteiger partial charge < -0.3 is 9.84 Å². The highest BCUT2D eigenvalue weighted by molar-refractivity contribution is 5.66. The Balaban J connectivity index is 0. The molecule has 0 heterocycles. The number of hydrogen-bond donors (Lipinski definition) is 1. The Labute approximate surface area is 182 Å². The van der Waals surface area contributed by atoms with E-state index in [9.17, 15) is 4.79 Å². The van der Waals surface area contributed by atoms with Crippen LogP contribution in [-0.4, -0.2) is 23.8 Å². The second-order valence-electron chi connectivity index (χ2n) is 7.86. The van der Waals surface area contributed by atoms with Crippen molar-refractivity contribution in [1.29, 1.82) is 0 Å². The Morgan fingerprint density at radius 3 is 2.14 bits per heavy atom. The molecule has 0 aliphatic rings. The molecule has 0 aliphatic carbocycles. The average molecular weight is 411 g/mol. The summed E-state index contributed by atoms with van der Waals surface area (Å²) in [5.74, 6) is -0.672. The van der Waals surface area contributed by atoms with Gasteiger partial charge in [0.15, 0.2) is 0 Å². The van der Waals surface area contributed by atoms with Crippen LogP contribution in [0.1, 0.15) is 124 Å². The normalized spacial score (nSPS) is 11.8. The standard InChI is InChI=1S/C23H44O3.C3H6/c1-3-5-7-14-18-22(26-21-17-6-4-2)19-15-12-10-8-9-11-13-16-20-23(24)25;1-3-2/h12,15,22H,3-11,13-14,16-21H2,1-2H3,(H,24,25);3H,1H2,2H3. The van der Waals surface area contributed by atoms with E-state index < -0.39 is 5.97 Å². The second-order valence-corrected chi connectivity index (χ2v) is 7.86. The lowest BCUT2D eigenvalue weighted by atomic mass is 10.1. The first kappa shape index (κ1) is 30.1. The molecule has 0 aromatic carbocycles. The lowest BCUT2D eigenvalue weighted by Gasteiger charge is -2.16. The number of unbranched alkanes of at least 4 members (excludes halogenated alkanes) is 10. The van der Waals surface area contributed by atoms with Gasteiger partial charge in [0.25, 0.3) is 0 Å². The van der Waals surface area contributed by atoms with Crippen molar-refractivity contribution in [3.8, 4) is 0 Å². The zero-order valence-electron chi connectivity index (χ0n) is 19.8. The maximum Gasteiger partial charge on any atom is 0.303 e. The summed E-state index contributed by atoms with van der Waals surface area (Å²) in [4.78, 5) is 10.4. The van der Waals surface area contributed by atoms with Crippen molar-refractivity contribution in [3.63, 3.8) is 0 Å². The molecule has 0 spiro atoms. The van der Waals surface area contributed by atoms with Gasteiger partial charge in [-0.3, -0.25) is 4.79 Å². The lowest BCUT2D eigenvalue weighted by molar-refractivity contribution is -0.137. The zero-order valence-corrected chi connectivity index (χ0v) is 19.8. The Bertz CT molecular complexity index is 351. The van der Waals surface area contributed by atoms with Crippen molar-refractivity contribution in [2.75, 3.05) is 6.61 Å². The van der Waals surface area contributed by atoms with E-state index in [1.165, 1.54) is 64.2 Å². The lowest BCUT2D eigenvalue weighted by Crippen LogP contribution is -2.13. The molecule has 0 radical (unpaired) electrons. The number of ether oxygens (including phenoxy) is 1. The van der Waals surface area contributed by atoms with Crippen LogP contribution in [0, 0.1) is 0 Å². The molecule has 3 nitrogen and oxygen atoms in total. The monoisotopic (exact) mass is 410 g/mol. The molecule has 172 valence electrons. The van der Waals surface area contributed by atoms with E-state index in [1.807, 2.05) is 6.92 Å². The van der Waals surface area contributed by atoms with Crippen LogP contribution in [0.2, 0.25) is 0 Å². The van der Waals surface area contributed by atoms with Crippen LogP contribution in [0.25, 0.3) is 0 Å². The summed E-state index contributed by atoms with van der Waals surface area (Å²) in [5, 5.41) is 8.60. The third-order valence-corrected chi connectivity index (χ3v) is 4.81. The first-order valence-electron chi connectivity index (χ1n) is 12.2. The van der Waals surface area contributed by atoms with Gasteiger partial charge in [0.1, 0.15) is 0 Å². The van der Waals surface area contributed by atoms with E-state index in [-0.39, 0.29) is 0 Å². The minimum atomic E-state index is -0.672. The molecule has 1 unspecified atom stereocenters. The van der Waals surface area contributed by atoms with Crippen LogP contribution < -0.4 is 0 Å². The summed E-state index contributed by atoms with van der Waals surface area (Å²) in [6.45, 7) is 10.7. The topological polar surface area (TPSA) is 46.5 Å². The quantitative estimate of drug-likeness (QED) is 0.162. The molecular weight excluding hydrogens is 360 g/mol. The Morgan fingerprint density at radius 1 is 0.897 bits per heavy atom. The molecule has 0 amide bonds. The fourth-order valence-corrected chi connectivity index (χ4v) is 3.10. The molecule has 0 aliphatic heterocycles. The van der Waals surface area contributed by atoms with Crippen molar-refractivity contribution in [2.24, 2.45) is 0 Å². The predicted molar refractivity (Wildman–Crippen MR) is 128 cm³/mol. The second kappa shape index (κ2) is 26.9. The van der Waals surface area contributed by atoms with E-state index in [4.69, 9.17) is 9.84 Å². The smallest absolute Gasteiger partial charge is 0.303 e. The number of rotatable bonds is 20. The highest BCUT2D eigenvalue weighted by atomic mass is 16.5. The van der Waals surface area contributed by atoms with Crippen LogP contribution >= 0.6 is 0 Å². The first-order valence-corrected chi connectivity index (χ1v) is 12.2. The van der Waals surface area contributed by atoms with E-state index in [1.54, 1.807) is 6.08 Å². The molecule has 3 heteroatoms. The fourth-order valence-electron chi connectivity index (χ4n) is 3.10. The van der Waals surface area contributed by atoms with Crippen molar-refractivity contribution >= 4 is 5.97 Å². The van der Waals surface area contributed by atoms with E-state index >= 15 is 0 Å². The van der Waals surface area contributed by atoms with Gasteiger partial charge in [-0.2, -0.15) is 0 Å². The van der Waals surface area contributed by atoms with Crippen LogP contribution in [0.4, 0.5) is 0 Å². The summed E-state index contributed by atoms with van der Waals surface area (Å²) >= 11 is 0. The highest BCUT2D eigenvalue weighted by Gasteiger charge is 2.07. The van der Waals surface area contributed by atoms with Gasteiger partial charge in [0.05, 0.1) is 6.10 Å². The fraction of sp³-hybridized carbons (Fsp3) is 0.808. The third kappa shape index (κ3) is 29.2. The zero-order chi connectivity index (χ0) is 22.0. The van der Waals surface area contributed by atoms with Crippen molar-refractivity contribution in [1.82, 2.24) is 0 Å². The summed E-state index contributed by atoms with van der Waals surface area (Å²) in [5.41, 5.74) is 0. The Hall–Kier alpha value is -1.09. The minimum Gasteiger partial charge on any atom is -0.481 e. The van der Waals surface area contributed by atoms with E-state index in [0.29, 0.717) is 12.5 Å². The molecule has 1 atom stereocenters. The van der Waals surface area contributed by atoms with Gasteiger partial charge in [-0.05, 0) is 45.4 Å². The predicted octanol–water partition coefficient (Wildman–Crippen LogP) is 8.49. The number of carboxylic acids is 1. The van der Waals surface area contributed by atoms with Crippen LogP contribution in [0.15, 0.2) is 24.8 Å². The van der Waals surface area contributed by atoms with Gasteiger partial charge >= 0.3 is 5.97 Å². The summed E-state index contributed by atoms with van der Waals surface area (Å²) in [7, 11) is 0. The van der Waals surface area contributed by atoms with Crippen molar-refractivity contribution in [3.05, 3.63) is 24.8 Å². The molecule has 1 N–H and O–H groups in total. The van der Waals surface area contributed by atoms with Crippen LogP contribution in [-0.2, 0) is 9.53 Å². The summed E-state index contributed by atoms with van der Waals surface area (Å²) < 4.78 is 6.12. The third-order valence-electron chi connectivity index (χ3n) is 4.81. The van der Waals surface area contributed by atoms with Gasteiger partial charge in [0, 0.05) is 13.0 Å². The molecular formula is C26H50O3. The molecule has 0 rings (SSSR count). The Kier molecular flexibility index (Phi) is 27.9. The number of allylic oxidation sites excluding steroid dienone is 2. The summed E-state index contributed by atoms with van der Waals surface area (Å²) in [6.07, 6.45) is 24.9. The average Bonchev–Trinajstić information content (AvgIpc) is 2.69. The van der Waals surface area contributed by atoms with Crippen LogP contribution in [0.3, 0.4) is 0 Å². The first-order chi connectivity index (χ1) is 14.1. The number of hydrogen-bond acceptors (Lipinski definition) is 2. The van der Waals surface area contributed by atoms with Crippen molar-refractivity contribution in [2.45, 2.75) is 130 Å². The maximum absolute atomic E-state index is 10.4. The van der Waals surface area contributed by atoms with Gasteiger partial charge in [-0.1, -0.05) is 89.9 Å². The number of carbonyl (C=O) groups is 1. The minimum absolute atomic E-state index is 0.317. The Morgan fingerprint density at radius 2 is 1.48 bits per heavy atom. The highest BCUT2D eigenvalue weighted by Crippen LogP contribution is 2.14. The number of aliphatic carboxylic acids is 1. The van der Waals surface area contributed by atoms with Gasteiger partial charge in [-0.25, -0.2) is 0 Å². The SMILES string of the molecule is C=CC.CCCCCCC(CC=CCCCCCCCC(=O)O)OCCCCC. The molecule has 0 saturated carbocycles. The molecule has 0 fully saturated rings.